The highest BCUT2D eigenvalue weighted by Gasteiger charge is 2.30. The van der Waals surface area contributed by atoms with Gasteiger partial charge >= 0.3 is 0 Å². The van der Waals surface area contributed by atoms with Gasteiger partial charge in [0.05, 0.1) is 5.41 Å². The Bertz CT molecular complexity index is 543. The van der Waals surface area contributed by atoms with Gasteiger partial charge in [-0.05, 0) is 31.2 Å². The Morgan fingerprint density at radius 3 is 2.04 bits per heavy atom. The van der Waals surface area contributed by atoms with Gasteiger partial charge in [-0.3, -0.25) is 14.4 Å². The molecule has 0 saturated carbocycles. The molecular weight excluding hydrogens is 316 g/mol. The van der Waals surface area contributed by atoms with E-state index in [0.29, 0.717) is 24.9 Å². The van der Waals surface area contributed by atoms with Crippen LogP contribution in [0.5, 0.6) is 0 Å². The van der Waals surface area contributed by atoms with Crippen LogP contribution in [-0.2, 0) is 19.8 Å². The van der Waals surface area contributed by atoms with Crippen molar-refractivity contribution >= 4 is 11.8 Å². The minimum Gasteiger partial charge on any atom is -0.340 e. The Balaban J connectivity index is 2.56. The number of carbonyl (C=O) groups excluding carboxylic acids is 2. The highest BCUT2D eigenvalue weighted by atomic mass is 16.7. The molecule has 1 aromatic carbocycles. The number of hydrogen-bond acceptors (Lipinski definition) is 3. The molecule has 0 radical (unpaired) electrons. The number of carbonyl (C=O) groups is 2. The third-order valence-electron chi connectivity index (χ3n) is 3.95. The summed E-state index contributed by atoms with van der Waals surface area (Å²) >= 11 is 0. The van der Waals surface area contributed by atoms with Gasteiger partial charge in [0.1, 0.15) is 0 Å². The quantitative estimate of drug-likeness (QED) is 0.698. The zero-order valence-corrected chi connectivity index (χ0v) is 16.3. The molecule has 140 valence electrons. The van der Waals surface area contributed by atoms with Crippen molar-refractivity contribution in [1.29, 1.82) is 0 Å². The second kappa shape index (κ2) is 9.56. The summed E-state index contributed by atoms with van der Waals surface area (Å²) in [5.74, 6) is 0.384. The fourth-order valence-corrected chi connectivity index (χ4v) is 2.53. The average Bonchev–Trinajstić information content (AvgIpc) is 2.53. The molecule has 5 heteroatoms. The summed E-state index contributed by atoms with van der Waals surface area (Å²) in [5.41, 5.74) is 2.58. The Labute approximate surface area is 151 Å². The summed E-state index contributed by atoms with van der Waals surface area (Å²) in [6.45, 7) is 13.2. The summed E-state index contributed by atoms with van der Waals surface area (Å²) in [7, 11) is 0. The van der Waals surface area contributed by atoms with Crippen LogP contribution < -0.4 is 5.48 Å². The van der Waals surface area contributed by atoms with E-state index in [0.717, 1.165) is 5.56 Å². The van der Waals surface area contributed by atoms with E-state index in [-0.39, 0.29) is 18.4 Å². The first-order chi connectivity index (χ1) is 11.6. The Morgan fingerprint density at radius 1 is 1.04 bits per heavy atom. The predicted molar refractivity (Wildman–Crippen MR) is 99.8 cm³/mol. The average molecular weight is 348 g/mol. The number of hydrogen-bond donors (Lipinski definition) is 1. The van der Waals surface area contributed by atoms with E-state index in [9.17, 15) is 9.59 Å². The SMILES string of the molecule is CC(C)CN(CC(C)C)C(=O)CONC(=O)C(C)(C)c1ccccc1. The molecule has 1 aromatic rings. The van der Waals surface area contributed by atoms with Crippen LogP contribution in [0.1, 0.15) is 47.1 Å². The van der Waals surface area contributed by atoms with Crippen molar-refractivity contribution in [3.8, 4) is 0 Å². The van der Waals surface area contributed by atoms with Crippen molar-refractivity contribution < 1.29 is 14.4 Å². The molecule has 0 spiro atoms. The van der Waals surface area contributed by atoms with Gasteiger partial charge in [0, 0.05) is 13.1 Å². The molecule has 5 nitrogen and oxygen atoms in total. The third kappa shape index (κ3) is 6.86. The molecule has 0 bridgehead atoms. The summed E-state index contributed by atoms with van der Waals surface area (Å²) < 4.78 is 0. The van der Waals surface area contributed by atoms with E-state index < -0.39 is 5.41 Å². The number of nitrogens with zero attached hydrogens (tertiary/aromatic N) is 1. The number of benzene rings is 1. The molecule has 0 aliphatic carbocycles. The molecule has 0 unspecified atom stereocenters. The third-order valence-corrected chi connectivity index (χ3v) is 3.95. The lowest BCUT2D eigenvalue weighted by Gasteiger charge is -2.27. The van der Waals surface area contributed by atoms with Crippen molar-refractivity contribution in [1.82, 2.24) is 10.4 Å². The fraction of sp³-hybridized carbons (Fsp3) is 0.600. The van der Waals surface area contributed by atoms with E-state index >= 15 is 0 Å². The van der Waals surface area contributed by atoms with E-state index in [1.54, 1.807) is 4.90 Å². The molecule has 25 heavy (non-hydrogen) atoms. The van der Waals surface area contributed by atoms with Crippen LogP contribution in [0.3, 0.4) is 0 Å². The maximum absolute atomic E-state index is 12.4. The molecule has 0 aliphatic heterocycles. The van der Waals surface area contributed by atoms with E-state index in [4.69, 9.17) is 4.84 Å². The summed E-state index contributed by atoms with van der Waals surface area (Å²) in [5, 5.41) is 0. The van der Waals surface area contributed by atoms with Gasteiger partial charge in [0.2, 0.25) is 0 Å². The van der Waals surface area contributed by atoms with E-state index in [2.05, 4.69) is 33.2 Å². The minimum atomic E-state index is -0.736. The minimum absolute atomic E-state index is 0.111. The second-order valence-electron chi connectivity index (χ2n) is 7.80. The topological polar surface area (TPSA) is 58.6 Å². The molecular formula is C20H32N2O3. The molecule has 2 amide bonds. The van der Waals surface area contributed by atoms with Gasteiger partial charge in [0.25, 0.3) is 11.8 Å². The van der Waals surface area contributed by atoms with E-state index in [1.165, 1.54) is 0 Å². The molecule has 1 N–H and O–H groups in total. The molecule has 0 atom stereocenters. The smallest absolute Gasteiger partial charge is 0.253 e. The standard InChI is InChI=1S/C20H32N2O3/c1-15(2)12-22(13-16(3)4)18(23)14-25-21-19(24)20(5,6)17-10-8-7-9-11-17/h7-11,15-16H,12-14H2,1-6H3,(H,21,24). The first-order valence-electron chi connectivity index (χ1n) is 8.90. The van der Waals surface area contributed by atoms with Gasteiger partial charge in [-0.1, -0.05) is 58.0 Å². The lowest BCUT2D eigenvalue weighted by molar-refractivity contribution is -0.147. The number of nitrogens with one attached hydrogen (secondary N) is 1. The van der Waals surface area contributed by atoms with Gasteiger partial charge < -0.3 is 4.90 Å². The van der Waals surface area contributed by atoms with Crippen molar-refractivity contribution in [2.45, 2.75) is 47.0 Å². The Kier molecular flexibility index (Phi) is 8.10. The van der Waals surface area contributed by atoms with Crippen molar-refractivity contribution in [2.75, 3.05) is 19.7 Å². The monoisotopic (exact) mass is 348 g/mol. The second-order valence-corrected chi connectivity index (χ2v) is 7.80. The zero-order valence-electron chi connectivity index (χ0n) is 16.3. The highest BCUT2D eigenvalue weighted by Crippen LogP contribution is 2.22. The van der Waals surface area contributed by atoms with Crippen molar-refractivity contribution in [2.24, 2.45) is 11.8 Å². The van der Waals surface area contributed by atoms with Crippen LogP contribution in [0.25, 0.3) is 0 Å². The molecule has 0 aromatic heterocycles. The van der Waals surface area contributed by atoms with Gasteiger partial charge in [-0.15, -0.1) is 0 Å². The first-order valence-corrected chi connectivity index (χ1v) is 8.90. The number of amides is 2. The Hall–Kier alpha value is -1.88. The van der Waals surface area contributed by atoms with Crippen LogP contribution >= 0.6 is 0 Å². The van der Waals surface area contributed by atoms with Gasteiger partial charge in [-0.25, -0.2) is 5.48 Å². The normalized spacial score (nSPS) is 11.7. The fourth-order valence-electron chi connectivity index (χ4n) is 2.53. The molecule has 0 fully saturated rings. The largest absolute Gasteiger partial charge is 0.340 e. The molecule has 0 aliphatic rings. The molecule has 0 saturated heterocycles. The van der Waals surface area contributed by atoms with Crippen molar-refractivity contribution in [3.05, 3.63) is 35.9 Å². The van der Waals surface area contributed by atoms with Gasteiger partial charge in [-0.2, -0.15) is 0 Å². The van der Waals surface area contributed by atoms with E-state index in [1.807, 2.05) is 44.2 Å². The van der Waals surface area contributed by atoms with Crippen LogP contribution in [0.2, 0.25) is 0 Å². The number of rotatable bonds is 9. The zero-order chi connectivity index (χ0) is 19.0. The molecule has 0 heterocycles. The summed E-state index contributed by atoms with van der Waals surface area (Å²) in [6.07, 6.45) is 0. The van der Waals surface area contributed by atoms with Crippen molar-refractivity contribution in [3.63, 3.8) is 0 Å². The highest BCUT2D eigenvalue weighted by molar-refractivity contribution is 5.86. The van der Waals surface area contributed by atoms with Crippen LogP contribution in [0.15, 0.2) is 30.3 Å². The maximum Gasteiger partial charge on any atom is 0.253 e. The maximum atomic E-state index is 12.4. The first kappa shape index (κ1) is 21.2. The predicted octanol–water partition coefficient (Wildman–Crippen LogP) is 3.15. The Morgan fingerprint density at radius 2 is 1.56 bits per heavy atom. The molecule has 1 rings (SSSR count). The number of hydroxylamine groups is 1. The lowest BCUT2D eigenvalue weighted by Crippen LogP contribution is -2.44. The summed E-state index contributed by atoms with van der Waals surface area (Å²) in [4.78, 5) is 31.8. The van der Waals surface area contributed by atoms with Gasteiger partial charge in [0.15, 0.2) is 6.61 Å². The van der Waals surface area contributed by atoms with Crippen LogP contribution in [-0.4, -0.2) is 36.4 Å². The van der Waals surface area contributed by atoms with Crippen LogP contribution in [0, 0.1) is 11.8 Å². The lowest BCUT2D eigenvalue weighted by atomic mass is 9.84. The van der Waals surface area contributed by atoms with Crippen LogP contribution in [0.4, 0.5) is 0 Å². The summed E-state index contributed by atoms with van der Waals surface area (Å²) in [6, 6.07) is 9.50.